The van der Waals surface area contributed by atoms with Crippen molar-refractivity contribution in [2.24, 2.45) is 0 Å². The molecule has 1 amide bonds. The summed E-state index contributed by atoms with van der Waals surface area (Å²) in [4.78, 5) is 11.1. The van der Waals surface area contributed by atoms with Crippen LogP contribution in [0.1, 0.15) is 23.6 Å². The highest BCUT2D eigenvalue weighted by atomic mass is 16.6. The molecule has 80 valence electrons. The molecule has 1 saturated heterocycles. The Morgan fingerprint density at radius 3 is 2.67 bits per heavy atom. The third kappa shape index (κ3) is 1.69. The molecule has 0 bridgehead atoms. The number of carbonyl (C=O) groups excluding carboxylic acids is 1. The minimum Gasteiger partial charge on any atom is -0.447 e. The zero-order valence-electron chi connectivity index (χ0n) is 9.26. The zero-order valence-corrected chi connectivity index (χ0v) is 9.26. The van der Waals surface area contributed by atoms with Crippen LogP contribution < -0.4 is 5.32 Å². The van der Waals surface area contributed by atoms with Gasteiger partial charge in [-0.1, -0.05) is 23.8 Å². The predicted octanol–water partition coefficient (Wildman–Crippen LogP) is 2.26. The van der Waals surface area contributed by atoms with Crippen LogP contribution in [0.15, 0.2) is 18.2 Å². The first-order valence-electron chi connectivity index (χ1n) is 5.04. The van der Waals surface area contributed by atoms with Crippen molar-refractivity contribution in [3.05, 3.63) is 34.9 Å². The molecule has 1 atom stereocenters. The molecule has 0 aromatic heterocycles. The largest absolute Gasteiger partial charge is 0.447 e. The van der Waals surface area contributed by atoms with Crippen molar-refractivity contribution in [2.75, 3.05) is 6.61 Å². The van der Waals surface area contributed by atoms with Crippen LogP contribution >= 0.6 is 0 Å². The average molecular weight is 205 g/mol. The fraction of sp³-hybridized carbons (Fsp3) is 0.417. The summed E-state index contributed by atoms with van der Waals surface area (Å²) < 4.78 is 4.96. The van der Waals surface area contributed by atoms with Gasteiger partial charge < -0.3 is 10.1 Å². The second kappa shape index (κ2) is 3.26. The molecule has 0 radical (unpaired) electrons. The smallest absolute Gasteiger partial charge is 0.408 e. The molecule has 0 aliphatic carbocycles. The van der Waals surface area contributed by atoms with E-state index in [4.69, 9.17) is 4.74 Å². The van der Waals surface area contributed by atoms with Crippen LogP contribution in [0.5, 0.6) is 0 Å². The number of aryl methyl sites for hydroxylation is 2. The number of hydrogen-bond acceptors (Lipinski definition) is 2. The zero-order chi connectivity index (χ0) is 11.1. The first-order valence-corrected chi connectivity index (χ1v) is 5.04. The molecular formula is C12H15NO2. The van der Waals surface area contributed by atoms with Crippen LogP contribution in [-0.2, 0) is 10.3 Å². The van der Waals surface area contributed by atoms with Crippen LogP contribution in [0.4, 0.5) is 4.79 Å². The van der Waals surface area contributed by atoms with E-state index in [9.17, 15) is 4.79 Å². The lowest BCUT2D eigenvalue weighted by Gasteiger charge is -2.23. The number of rotatable bonds is 1. The van der Waals surface area contributed by atoms with Gasteiger partial charge in [0.15, 0.2) is 0 Å². The molecule has 0 saturated carbocycles. The summed E-state index contributed by atoms with van der Waals surface area (Å²) in [7, 11) is 0. The van der Waals surface area contributed by atoms with E-state index >= 15 is 0 Å². The summed E-state index contributed by atoms with van der Waals surface area (Å²) in [6.45, 7) is 6.49. The van der Waals surface area contributed by atoms with E-state index in [-0.39, 0.29) is 11.6 Å². The number of ether oxygens (including phenoxy) is 1. The van der Waals surface area contributed by atoms with Crippen LogP contribution in [0.2, 0.25) is 0 Å². The molecule has 1 aliphatic heterocycles. The van der Waals surface area contributed by atoms with Gasteiger partial charge in [-0.2, -0.15) is 0 Å². The molecule has 1 aromatic carbocycles. The summed E-state index contributed by atoms with van der Waals surface area (Å²) in [6, 6.07) is 6.22. The highest BCUT2D eigenvalue weighted by molar-refractivity contribution is 5.71. The Bertz CT molecular complexity index is 414. The highest BCUT2D eigenvalue weighted by Gasteiger charge is 2.37. The Morgan fingerprint density at radius 1 is 1.40 bits per heavy atom. The maximum atomic E-state index is 11.1. The Hall–Kier alpha value is -1.51. The van der Waals surface area contributed by atoms with Gasteiger partial charge in [0.1, 0.15) is 12.1 Å². The van der Waals surface area contributed by atoms with Crippen molar-refractivity contribution < 1.29 is 9.53 Å². The third-order valence-electron chi connectivity index (χ3n) is 2.85. The fourth-order valence-electron chi connectivity index (χ4n) is 2.09. The molecular weight excluding hydrogens is 190 g/mol. The summed E-state index contributed by atoms with van der Waals surface area (Å²) in [5.74, 6) is 0. The van der Waals surface area contributed by atoms with E-state index in [1.807, 2.05) is 6.92 Å². The lowest BCUT2D eigenvalue weighted by Crippen LogP contribution is -2.37. The monoisotopic (exact) mass is 205 g/mol. The van der Waals surface area contributed by atoms with Gasteiger partial charge in [-0.05, 0) is 31.9 Å². The number of alkyl carbamates (subject to hydrolysis) is 1. The van der Waals surface area contributed by atoms with Gasteiger partial charge in [0.25, 0.3) is 0 Å². The van der Waals surface area contributed by atoms with Crippen molar-refractivity contribution in [2.45, 2.75) is 26.3 Å². The van der Waals surface area contributed by atoms with Crippen LogP contribution in [0, 0.1) is 13.8 Å². The fourth-order valence-corrected chi connectivity index (χ4v) is 2.09. The molecule has 15 heavy (non-hydrogen) atoms. The standard InChI is InChI=1S/C12H15NO2/c1-8-4-5-10(9(2)6-8)12(3)7-15-11(14)13-12/h4-6H,7H2,1-3H3,(H,13,14). The maximum absolute atomic E-state index is 11.1. The lowest BCUT2D eigenvalue weighted by atomic mass is 9.89. The second-order valence-electron chi connectivity index (χ2n) is 4.35. The van der Waals surface area contributed by atoms with Crippen LogP contribution in [0.3, 0.4) is 0 Å². The molecule has 1 fully saturated rings. The molecule has 1 aliphatic rings. The minimum atomic E-state index is -0.380. The molecule has 1 heterocycles. The van der Waals surface area contributed by atoms with Gasteiger partial charge in [-0.3, -0.25) is 0 Å². The summed E-state index contributed by atoms with van der Waals surface area (Å²) in [5, 5.41) is 2.85. The quantitative estimate of drug-likeness (QED) is 0.763. The van der Waals surface area contributed by atoms with Crippen LogP contribution in [0.25, 0.3) is 0 Å². The van der Waals surface area contributed by atoms with Gasteiger partial charge in [0, 0.05) is 0 Å². The number of nitrogens with one attached hydrogen (secondary N) is 1. The number of amides is 1. The Morgan fingerprint density at radius 2 is 2.13 bits per heavy atom. The van der Waals surface area contributed by atoms with Crippen molar-refractivity contribution >= 4 is 6.09 Å². The average Bonchev–Trinajstić information content (AvgIpc) is 2.46. The van der Waals surface area contributed by atoms with Gasteiger partial charge >= 0.3 is 6.09 Å². The molecule has 0 spiro atoms. The molecule has 1 aromatic rings. The third-order valence-corrected chi connectivity index (χ3v) is 2.85. The Balaban J connectivity index is 2.41. The number of carbonyl (C=O) groups is 1. The predicted molar refractivity (Wildman–Crippen MR) is 57.8 cm³/mol. The molecule has 3 heteroatoms. The molecule has 1 N–H and O–H groups in total. The van der Waals surface area contributed by atoms with Gasteiger partial charge in [-0.25, -0.2) is 4.79 Å². The summed E-state index contributed by atoms with van der Waals surface area (Å²) in [5.41, 5.74) is 3.15. The maximum Gasteiger partial charge on any atom is 0.408 e. The van der Waals surface area contributed by atoms with E-state index in [2.05, 4.69) is 37.4 Å². The SMILES string of the molecule is Cc1ccc(C2(C)COC(=O)N2)c(C)c1. The molecule has 2 rings (SSSR count). The van der Waals surface area contributed by atoms with Gasteiger partial charge in [0.2, 0.25) is 0 Å². The molecule has 3 nitrogen and oxygen atoms in total. The van der Waals surface area contributed by atoms with E-state index in [1.54, 1.807) is 0 Å². The first-order chi connectivity index (χ1) is 7.01. The van der Waals surface area contributed by atoms with Crippen molar-refractivity contribution in [1.82, 2.24) is 5.32 Å². The van der Waals surface area contributed by atoms with Crippen molar-refractivity contribution in [3.8, 4) is 0 Å². The normalized spacial score (nSPS) is 24.9. The molecule has 1 unspecified atom stereocenters. The summed E-state index contributed by atoms with van der Waals surface area (Å²) >= 11 is 0. The second-order valence-corrected chi connectivity index (χ2v) is 4.35. The summed E-state index contributed by atoms with van der Waals surface area (Å²) in [6.07, 6.45) is -0.336. The Labute approximate surface area is 89.4 Å². The van der Waals surface area contributed by atoms with Crippen molar-refractivity contribution in [3.63, 3.8) is 0 Å². The van der Waals surface area contributed by atoms with Crippen molar-refractivity contribution in [1.29, 1.82) is 0 Å². The Kier molecular flexibility index (Phi) is 2.18. The van der Waals surface area contributed by atoms with Gasteiger partial charge in [0.05, 0.1) is 0 Å². The van der Waals surface area contributed by atoms with E-state index in [0.717, 1.165) is 5.56 Å². The van der Waals surface area contributed by atoms with Crippen LogP contribution in [-0.4, -0.2) is 12.7 Å². The number of hydrogen-bond donors (Lipinski definition) is 1. The highest BCUT2D eigenvalue weighted by Crippen LogP contribution is 2.28. The first kappa shape index (κ1) is 10.0. The number of cyclic esters (lactones) is 1. The van der Waals surface area contributed by atoms with E-state index < -0.39 is 0 Å². The topological polar surface area (TPSA) is 38.3 Å². The van der Waals surface area contributed by atoms with E-state index in [1.165, 1.54) is 11.1 Å². The number of benzene rings is 1. The van der Waals surface area contributed by atoms with Gasteiger partial charge in [-0.15, -0.1) is 0 Å². The minimum absolute atomic E-state index is 0.336. The van der Waals surface area contributed by atoms with E-state index in [0.29, 0.717) is 6.61 Å². The lowest BCUT2D eigenvalue weighted by molar-refractivity contribution is 0.173.